The quantitative estimate of drug-likeness (QED) is 0.762. The molecule has 0 saturated carbocycles. The maximum absolute atomic E-state index is 13.4. The number of hydrogen-bond acceptors (Lipinski definition) is 2. The SMILES string of the molecule is CCc1nc(C(F)(F)F)c2n1CCNC2CCc1ccc(C(F)(F)F)cc1. The molecular weight excluding hydrogens is 372 g/mol. The van der Waals surface area contributed by atoms with Crippen LogP contribution in [0.15, 0.2) is 24.3 Å². The van der Waals surface area contributed by atoms with E-state index in [9.17, 15) is 26.3 Å². The zero-order valence-electron chi connectivity index (χ0n) is 14.6. The van der Waals surface area contributed by atoms with Crippen LogP contribution in [0, 0.1) is 0 Å². The standard InChI is InChI=1S/C18H19F6N3/c1-2-14-26-16(18(22,23)24)15-13(25-9-10-27(14)15)8-5-11-3-6-12(7-4-11)17(19,20)21/h3-4,6-7,13,25H,2,5,8-10H2,1H3. The van der Waals surface area contributed by atoms with E-state index in [-0.39, 0.29) is 5.69 Å². The molecule has 1 aromatic carbocycles. The molecule has 3 rings (SSSR count). The molecule has 148 valence electrons. The number of nitrogens with zero attached hydrogens (tertiary/aromatic N) is 2. The van der Waals surface area contributed by atoms with Crippen LogP contribution < -0.4 is 5.32 Å². The minimum atomic E-state index is -4.55. The summed E-state index contributed by atoms with van der Waals surface area (Å²) in [6, 6.07) is 4.16. The Labute approximate surface area is 152 Å². The van der Waals surface area contributed by atoms with Crippen molar-refractivity contribution in [1.29, 1.82) is 0 Å². The first-order chi connectivity index (χ1) is 12.6. The van der Waals surface area contributed by atoms with Gasteiger partial charge in [0, 0.05) is 19.5 Å². The fourth-order valence-electron chi connectivity index (χ4n) is 3.45. The molecule has 0 bridgehead atoms. The summed E-state index contributed by atoms with van der Waals surface area (Å²) in [5.74, 6) is 0.401. The largest absolute Gasteiger partial charge is 0.435 e. The minimum absolute atomic E-state index is 0.123. The van der Waals surface area contributed by atoms with E-state index >= 15 is 0 Å². The zero-order valence-corrected chi connectivity index (χ0v) is 14.6. The Kier molecular flexibility index (Phi) is 5.24. The number of fused-ring (bicyclic) bond motifs is 1. The number of rotatable bonds is 4. The average molecular weight is 391 g/mol. The molecule has 27 heavy (non-hydrogen) atoms. The van der Waals surface area contributed by atoms with Gasteiger partial charge in [-0.05, 0) is 30.5 Å². The van der Waals surface area contributed by atoms with Crippen molar-refractivity contribution >= 4 is 0 Å². The maximum atomic E-state index is 13.4. The summed E-state index contributed by atoms with van der Waals surface area (Å²) in [6.45, 7) is 2.69. The fourth-order valence-corrected chi connectivity index (χ4v) is 3.45. The van der Waals surface area contributed by atoms with E-state index in [2.05, 4.69) is 10.3 Å². The van der Waals surface area contributed by atoms with Crippen molar-refractivity contribution in [1.82, 2.24) is 14.9 Å². The van der Waals surface area contributed by atoms with Crippen molar-refractivity contribution < 1.29 is 26.3 Å². The van der Waals surface area contributed by atoms with E-state index in [1.54, 1.807) is 11.5 Å². The van der Waals surface area contributed by atoms with Crippen LogP contribution in [0.1, 0.15) is 47.7 Å². The molecule has 2 aromatic rings. The molecule has 0 radical (unpaired) electrons. The summed E-state index contributed by atoms with van der Waals surface area (Å²) in [4.78, 5) is 3.80. The molecule has 1 N–H and O–H groups in total. The van der Waals surface area contributed by atoms with Gasteiger partial charge >= 0.3 is 12.4 Å². The fraction of sp³-hybridized carbons (Fsp3) is 0.500. The van der Waals surface area contributed by atoms with Gasteiger partial charge in [0.05, 0.1) is 17.3 Å². The maximum Gasteiger partial charge on any atom is 0.435 e. The Hall–Kier alpha value is -2.03. The van der Waals surface area contributed by atoms with E-state index in [4.69, 9.17) is 0 Å². The lowest BCUT2D eigenvalue weighted by Crippen LogP contribution is -2.35. The number of imidazole rings is 1. The van der Waals surface area contributed by atoms with Crippen LogP contribution in [-0.2, 0) is 31.7 Å². The Morgan fingerprint density at radius 1 is 1.07 bits per heavy atom. The molecule has 0 amide bonds. The summed E-state index contributed by atoms with van der Waals surface area (Å²) >= 11 is 0. The Bertz CT molecular complexity index is 789. The van der Waals surface area contributed by atoms with E-state index in [0.717, 1.165) is 12.1 Å². The van der Waals surface area contributed by atoms with Gasteiger partial charge in [-0.2, -0.15) is 26.3 Å². The number of halogens is 6. The van der Waals surface area contributed by atoms with Gasteiger partial charge in [0.1, 0.15) is 5.82 Å². The second-order valence-electron chi connectivity index (χ2n) is 6.50. The molecule has 9 heteroatoms. The highest BCUT2D eigenvalue weighted by Crippen LogP contribution is 2.37. The third kappa shape index (κ3) is 4.12. The normalized spacial score (nSPS) is 17.8. The monoisotopic (exact) mass is 391 g/mol. The van der Waals surface area contributed by atoms with Gasteiger partial charge in [-0.1, -0.05) is 19.1 Å². The van der Waals surface area contributed by atoms with E-state index in [1.165, 1.54) is 12.1 Å². The van der Waals surface area contributed by atoms with Gasteiger partial charge in [0.25, 0.3) is 0 Å². The zero-order chi connectivity index (χ0) is 19.8. The van der Waals surface area contributed by atoms with Crippen LogP contribution in [-0.4, -0.2) is 16.1 Å². The third-order valence-corrected chi connectivity index (χ3v) is 4.73. The molecule has 0 fully saturated rings. The number of nitrogens with one attached hydrogen (secondary N) is 1. The molecule has 1 aliphatic rings. The Morgan fingerprint density at radius 2 is 1.74 bits per heavy atom. The van der Waals surface area contributed by atoms with Gasteiger partial charge in [0.2, 0.25) is 0 Å². The van der Waals surface area contributed by atoms with Gasteiger partial charge in [0.15, 0.2) is 5.69 Å². The lowest BCUT2D eigenvalue weighted by molar-refractivity contribution is -0.142. The predicted octanol–water partition coefficient (Wildman–Crippen LogP) is 4.76. The first-order valence-electron chi connectivity index (χ1n) is 8.67. The predicted molar refractivity (Wildman–Crippen MR) is 87.1 cm³/mol. The Morgan fingerprint density at radius 3 is 2.30 bits per heavy atom. The van der Waals surface area contributed by atoms with E-state index in [1.807, 2.05) is 0 Å². The number of hydrogen-bond donors (Lipinski definition) is 1. The van der Waals surface area contributed by atoms with Crippen molar-refractivity contribution in [3.8, 4) is 0 Å². The van der Waals surface area contributed by atoms with Gasteiger partial charge in [-0.15, -0.1) is 0 Å². The van der Waals surface area contributed by atoms with Crippen molar-refractivity contribution in [2.45, 2.75) is 51.1 Å². The second-order valence-corrected chi connectivity index (χ2v) is 6.50. The van der Waals surface area contributed by atoms with Crippen LogP contribution in [0.3, 0.4) is 0 Å². The lowest BCUT2D eigenvalue weighted by Gasteiger charge is -2.28. The smallest absolute Gasteiger partial charge is 0.329 e. The van der Waals surface area contributed by atoms with Gasteiger partial charge in [-0.3, -0.25) is 0 Å². The molecule has 1 atom stereocenters. The number of alkyl halides is 6. The van der Waals surface area contributed by atoms with Crippen molar-refractivity contribution in [3.63, 3.8) is 0 Å². The Balaban J connectivity index is 1.81. The highest BCUT2D eigenvalue weighted by Gasteiger charge is 2.41. The summed E-state index contributed by atoms with van der Waals surface area (Å²) in [5, 5.41) is 3.09. The average Bonchev–Trinajstić information content (AvgIpc) is 2.99. The van der Waals surface area contributed by atoms with Crippen molar-refractivity contribution in [2.24, 2.45) is 0 Å². The molecule has 2 heterocycles. The van der Waals surface area contributed by atoms with E-state index in [0.29, 0.717) is 43.7 Å². The van der Waals surface area contributed by atoms with Crippen LogP contribution in [0.4, 0.5) is 26.3 Å². The molecule has 1 unspecified atom stereocenters. The second kappa shape index (κ2) is 7.18. The summed E-state index contributed by atoms with van der Waals surface area (Å²) < 4.78 is 79.7. The number of aryl methyl sites for hydroxylation is 2. The van der Waals surface area contributed by atoms with Crippen molar-refractivity contribution in [2.75, 3.05) is 6.54 Å². The van der Waals surface area contributed by atoms with Gasteiger partial charge in [-0.25, -0.2) is 4.98 Å². The van der Waals surface area contributed by atoms with Crippen molar-refractivity contribution in [3.05, 3.63) is 52.6 Å². The molecule has 0 spiro atoms. The highest BCUT2D eigenvalue weighted by molar-refractivity contribution is 5.28. The van der Waals surface area contributed by atoms with Crippen LogP contribution in [0.2, 0.25) is 0 Å². The molecule has 0 saturated heterocycles. The van der Waals surface area contributed by atoms with Crippen LogP contribution in [0.5, 0.6) is 0 Å². The lowest BCUT2D eigenvalue weighted by atomic mass is 9.99. The summed E-state index contributed by atoms with van der Waals surface area (Å²) in [6.07, 6.45) is -7.86. The van der Waals surface area contributed by atoms with Gasteiger partial charge < -0.3 is 9.88 Å². The molecule has 1 aliphatic heterocycles. The molecule has 0 aliphatic carbocycles. The minimum Gasteiger partial charge on any atom is -0.329 e. The van der Waals surface area contributed by atoms with E-state index < -0.39 is 29.7 Å². The van der Waals surface area contributed by atoms with Crippen LogP contribution >= 0.6 is 0 Å². The summed E-state index contributed by atoms with van der Waals surface area (Å²) in [7, 11) is 0. The molecular formula is C18H19F6N3. The topological polar surface area (TPSA) is 29.9 Å². The molecule has 3 nitrogen and oxygen atoms in total. The first kappa shape index (κ1) is 19.7. The number of aromatic nitrogens is 2. The third-order valence-electron chi connectivity index (χ3n) is 4.73. The van der Waals surface area contributed by atoms with Crippen LogP contribution in [0.25, 0.3) is 0 Å². The number of benzene rings is 1. The first-order valence-corrected chi connectivity index (χ1v) is 8.67. The highest BCUT2D eigenvalue weighted by atomic mass is 19.4. The molecule has 1 aromatic heterocycles. The summed E-state index contributed by atoms with van der Waals surface area (Å²) in [5.41, 5.74) is -0.848.